The molecule has 1 amide bonds. The zero-order valence-electron chi connectivity index (χ0n) is 14.8. The van der Waals surface area contributed by atoms with Crippen molar-refractivity contribution in [3.05, 3.63) is 24.3 Å². The molecule has 8 heteroatoms. The van der Waals surface area contributed by atoms with Crippen LogP contribution in [0, 0.1) is 5.92 Å². The number of ether oxygens (including phenoxy) is 1. The minimum Gasteiger partial charge on any atom is -0.383 e. The van der Waals surface area contributed by atoms with Crippen LogP contribution in [0.5, 0.6) is 0 Å². The van der Waals surface area contributed by atoms with Gasteiger partial charge in [-0.15, -0.1) is 0 Å². The third-order valence-corrected chi connectivity index (χ3v) is 5.81. The van der Waals surface area contributed by atoms with Gasteiger partial charge in [-0.05, 0) is 56.1 Å². The van der Waals surface area contributed by atoms with Crippen LogP contribution in [0.25, 0.3) is 0 Å². The number of nitrogens with zero attached hydrogens (tertiary/aromatic N) is 1. The SMILES string of the molecule is COCCN1CCC(CNS(=O)(=O)c2ccc(NC(C)=O)cc2)CC1. The van der Waals surface area contributed by atoms with Crippen molar-refractivity contribution in [1.29, 1.82) is 0 Å². The van der Waals surface area contributed by atoms with Crippen molar-refractivity contribution in [3.63, 3.8) is 0 Å². The minimum atomic E-state index is -3.53. The number of benzene rings is 1. The lowest BCUT2D eigenvalue weighted by molar-refractivity contribution is -0.114. The lowest BCUT2D eigenvalue weighted by Crippen LogP contribution is -2.39. The second-order valence-corrected chi connectivity index (χ2v) is 8.10. The van der Waals surface area contributed by atoms with Crippen LogP contribution < -0.4 is 10.0 Å². The van der Waals surface area contributed by atoms with E-state index in [2.05, 4.69) is 14.9 Å². The summed E-state index contributed by atoms with van der Waals surface area (Å²) in [7, 11) is -1.83. The Morgan fingerprint density at radius 2 is 1.88 bits per heavy atom. The van der Waals surface area contributed by atoms with E-state index in [1.54, 1.807) is 19.2 Å². The fourth-order valence-electron chi connectivity index (χ4n) is 2.87. The highest BCUT2D eigenvalue weighted by molar-refractivity contribution is 7.89. The molecule has 1 fully saturated rings. The summed E-state index contributed by atoms with van der Waals surface area (Å²) in [6, 6.07) is 6.18. The molecule has 2 N–H and O–H groups in total. The molecule has 1 aromatic rings. The maximum absolute atomic E-state index is 12.4. The summed E-state index contributed by atoms with van der Waals surface area (Å²) in [6.45, 7) is 5.46. The molecular formula is C17H27N3O4S. The molecule has 0 unspecified atom stereocenters. The van der Waals surface area contributed by atoms with Crippen LogP contribution >= 0.6 is 0 Å². The first kappa shape index (κ1) is 19.8. The van der Waals surface area contributed by atoms with Crippen molar-refractivity contribution < 1.29 is 17.9 Å². The number of nitrogens with one attached hydrogen (secondary N) is 2. The number of carbonyl (C=O) groups is 1. The number of anilines is 1. The predicted molar refractivity (Wildman–Crippen MR) is 97.0 cm³/mol. The van der Waals surface area contributed by atoms with E-state index in [1.807, 2.05) is 0 Å². The summed E-state index contributed by atoms with van der Waals surface area (Å²) in [6.07, 6.45) is 1.96. The van der Waals surface area contributed by atoms with E-state index in [1.165, 1.54) is 19.1 Å². The molecule has 0 radical (unpaired) electrons. The van der Waals surface area contributed by atoms with Crippen molar-refractivity contribution >= 4 is 21.6 Å². The van der Waals surface area contributed by atoms with Gasteiger partial charge in [0.1, 0.15) is 0 Å². The number of carbonyl (C=O) groups excluding carboxylic acids is 1. The van der Waals surface area contributed by atoms with Crippen molar-refractivity contribution in [3.8, 4) is 0 Å². The van der Waals surface area contributed by atoms with Crippen molar-refractivity contribution in [2.24, 2.45) is 5.92 Å². The van der Waals surface area contributed by atoms with Crippen LogP contribution in [-0.4, -0.2) is 59.1 Å². The summed E-state index contributed by atoms with van der Waals surface area (Å²) in [5.74, 6) is 0.165. The largest absolute Gasteiger partial charge is 0.383 e. The molecule has 0 saturated carbocycles. The van der Waals surface area contributed by atoms with Crippen molar-refractivity contribution in [1.82, 2.24) is 9.62 Å². The Hall–Kier alpha value is -1.48. The van der Waals surface area contributed by atoms with Crippen molar-refractivity contribution in [2.45, 2.75) is 24.7 Å². The van der Waals surface area contributed by atoms with Gasteiger partial charge < -0.3 is 15.0 Å². The first-order valence-electron chi connectivity index (χ1n) is 8.49. The third-order valence-electron chi connectivity index (χ3n) is 4.37. The summed E-state index contributed by atoms with van der Waals surface area (Å²) in [5.41, 5.74) is 0.579. The molecule has 0 atom stereocenters. The molecule has 0 spiro atoms. The summed E-state index contributed by atoms with van der Waals surface area (Å²) < 4.78 is 32.6. The summed E-state index contributed by atoms with van der Waals surface area (Å²) >= 11 is 0. The van der Waals surface area contributed by atoms with Gasteiger partial charge in [0.25, 0.3) is 0 Å². The molecule has 0 aromatic heterocycles. The summed E-state index contributed by atoms with van der Waals surface area (Å²) in [5, 5.41) is 2.62. The van der Waals surface area contributed by atoms with Crippen molar-refractivity contribution in [2.75, 3.05) is 45.2 Å². The normalized spacial score (nSPS) is 16.7. The molecular weight excluding hydrogens is 342 g/mol. The van der Waals surface area contributed by atoms with Crippen LogP contribution in [0.3, 0.4) is 0 Å². The highest BCUT2D eigenvalue weighted by atomic mass is 32.2. The standard InChI is InChI=1S/C17H27N3O4S/c1-14(21)19-16-3-5-17(6-4-16)25(22,23)18-13-15-7-9-20(10-8-15)11-12-24-2/h3-6,15,18H,7-13H2,1-2H3,(H,19,21). The highest BCUT2D eigenvalue weighted by Crippen LogP contribution is 2.18. The van der Waals surface area contributed by atoms with E-state index >= 15 is 0 Å². The van der Waals surface area contributed by atoms with E-state index in [4.69, 9.17) is 4.74 Å². The van der Waals surface area contributed by atoms with Gasteiger partial charge in [-0.1, -0.05) is 0 Å². The molecule has 1 aromatic carbocycles. The zero-order chi connectivity index (χ0) is 18.3. The van der Waals surface area contributed by atoms with E-state index in [-0.39, 0.29) is 10.8 Å². The molecule has 140 valence electrons. The lowest BCUT2D eigenvalue weighted by atomic mass is 9.97. The predicted octanol–water partition coefficient (Wildman–Crippen LogP) is 1.28. The Labute approximate surface area is 149 Å². The monoisotopic (exact) mass is 369 g/mol. The maximum Gasteiger partial charge on any atom is 0.240 e. The van der Waals surface area contributed by atoms with Crippen LogP contribution in [-0.2, 0) is 19.6 Å². The quantitative estimate of drug-likeness (QED) is 0.721. The number of amides is 1. The molecule has 7 nitrogen and oxygen atoms in total. The average Bonchev–Trinajstić information content (AvgIpc) is 2.59. The van der Waals surface area contributed by atoms with Gasteiger partial charge in [-0.25, -0.2) is 13.1 Å². The van der Waals surface area contributed by atoms with Gasteiger partial charge in [0.15, 0.2) is 0 Å². The smallest absolute Gasteiger partial charge is 0.240 e. The third kappa shape index (κ3) is 6.39. The molecule has 0 bridgehead atoms. The number of sulfonamides is 1. The fraction of sp³-hybridized carbons (Fsp3) is 0.588. The molecule has 1 aliphatic heterocycles. The Kier molecular flexibility index (Phi) is 7.37. The number of hydrogen-bond donors (Lipinski definition) is 2. The fourth-order valence-corrected chi connectivity index (χ4v) is 3.98. The van der Waals surface area contributed by atoms with Crippen LogP contribution in [0.2, 0.25) is 0 Å². The van der Waals surface area contributed by atoms with Gasteiger partial charge in [0.05, 0.1) is 11.5 Å². The van der Waals surface area contributed by atoms with E-state index < -0.39 is 10.0 Å². The molecule has 1 saturated heterocycles. The van der Waals surface area contributed by atoms with Gasteiger partial charge in [0, 0.05) is 32.8 Å². The van der Waals surface area contributed by atoms with E-state index in [0.717, 1.165) is 39.1 Å². The molecule has 25 heavy (non-hydrogen) atoms. The van der Waals surface area contributed by atoms with Gasteiger partial charge in [-0.3, -0.25) is 4.79 Å². The maximum atomic E-state index is 12.4. The topological polar surface area (TPSA) is 87.7 Å². The van der Waals surface area contributed by atoms with Crippen LogP contribution in [0.4, 0.5) is 5.69 Å². The van der Waals surface area contributed by atoms with E-state index in [9.17, 15) is 13.2 Å². The molecule has 2 rings (SSSR count). The molecule has 1 aliphatic rings. The zero-order valence-corrected chi connectivity index (χ0v) is 15.6. The summed E-state index contributed by atoms with van der Waals surface area (Å²) in [4.78, 5) is 13.6. The second-order valence-electron chi connectivity index (χ2n) is 6.34. The van der Waals surface area contributed by atoms with Gasteiger partial charge in [-0.2, -0.15) is 0 Å². The number of methoxy groups -OCH3 is 1. The first-order valence-corrected chi connectivity index (χ1v) is 9.97. The Morgan fingerprint density at radius 1 is 1.24 bits per heavy atom. The molecule has 0 aliphatic carbocycles. The minimum absolute atomic E-state index is 0.189. The van der Waals surface area contributed by atoms with Gasteiger partial charge in [0.2, 0.25) is 15.9 Å². The van der Waals surface area contributed by atoms with E-state index in [0.29, 0.717) is 18.2 Å². The number of likely N-dealkylation sites (tertiary alicyclic amines) is 1. The molecule has 1 heterocycles. The van der Waals surface area contributed by atoms with Crippen LogP contribution in [0.15, 0.2) is 29.2 Å². The number of rotatable bonds is 8. The average molecular weight is 369 g/mol. The van der Waals surface area contributed by atoms with Gasteiger partial charge >= 0.3 is 0 Å². The van der Waals surface area contributed by atoms with Crippen LogP contribution in [0.1, 0.15) is 19.8 Å². The lowest BCUT2D eigenvalue weighted by Gasteiger charge is -2.31. The number of piperidine rings is 1. The Balaban J connectivity index is 1.82. The first-order chi connectivity index (χ1) is 11.9. The second kappa shape index (κ2) is 9.28. The Morgan fingerprint density at radius 3 is 2.44 bits per heavy atom. The number of hydrogen-bond acceptors (Lipinski definition) is 5. The Bertz CT molecular complexity index is 653. The highest BCUT2D eigenvalue weighted by Gasteiger charge is 2.21.